The van der Waals surface area contributed by atoms with Gasteiger partial charge in [-0.1, -0.05) is 42.5 Å². The average molecular weight is 444 g/mol. The third-order valence-corrected chi connectivity index (χ3v) is 8.17. The minimum atomic E-state index is -3.25. The van der Waals surface area contributed by atoms with E-state index in [1.165, 1.54) is 4.31 Å². The zero-order valence-electron chi connectivity index (χ0n) is 18.9. The number of piperidine rings is 1. The van der Waals surface area contributed by atoms with Crippen molar-refractivity contribution in [2.24, 2.45) is 0 Å². The molecule has 1 aliphatic heterocycles. The van der Waals surface area contributed by atoms with Crippen molar-refractivity contribution in [3.8, 4) is 0 Å². The third kappa shape index (κ3) is 4.93. The van der Waals surface area contributed by atoms with Gasteiger partial charge < -0.3 is 9.80 Å². The fraction of sp³-hybridized carbons (Fsp3) is 0.458. The van der Waals surface area contributed by atoms with Gasteiger partial charge in [0.25, 0.3) is 0 Å². The van der Waals surface area contributed by atoms with Crippen molar-refractivity contribution in [3.05, 3.63) is 65.7 Å². The van der Waals surface area contributed by atoms with Crippen LogP contribution in [0.2, 0.25) is 0 Å². The van der Waals surface area contributed by atoms with Crippen molar-refractivity contribution in [2.75, 3.05) is 44.9 Å². The monoisotopic (exact) mass is 443 g/mol. The van der Waals surface area contributed by atoms with Gasteiger partial charge in [-0.05, 0) is 43.0 Å². The van der Waals surface area contributed by atoms with Crippen LogP contribution < -0.4 is 4.90 Å². The molecule has 2 aromatic rings. The molecule has 0 N–H and O–H groups in total. The second-order valence-electron chi connectivity index (χ2n) is 8.47. The van der Waals surface area contributed by atoms with E-state index in [2.05, 4.69) is 12.1 Å². The molecule has 0 bridgehead atoms. The van der Waals surface area contributed by atoms with E-state index in [1.807, 2.05) is 68.5 Å². The molecule has 31 heavy (non-hydrogen) atoms. The minimum absolute atomic E-state index is 0.0453. The molecule has 7 heteroatoms. The number of anilines is 1. The molecule has 0 radical (unpaired) electrons. The Morgan fingerprint density at radius 3 is 2.06 bits per heavy atom. The van der Waals surface area contributed by atoms with Crippen molar-refractivity contribution in [3.63, 3.8) is 0 Å². The molecule has 1 saturated heterocycles. The van der Waals surface area contributed by atoms with Gasteiger partial charge in [-0.3, -0.25) is 4.79 Å². The van der Waals surface area contributed by atoms with Crippen LogP contribution >= 0.6 is 0 Å². The molecule has 0 spiro atoms. The number of amides is 1. The van der Waals surface area contributed by atoms with Crippen molar-refractivity contribution in [1.82, 2.24) is 9.21 Å². The lowest BCUT2D eigenvalue weighted by Crippen LogP contribution is -2.53. The van der Waals surface area contributed by atoms with Crippen LogP contribution in [0.25, 0.3) is 0 Å². The highest BCUT2D eigenvalue weighted by Crippen LogP contribution is 2.38. The number of benzene rings is 2. The summed E-state index contributed by atoms with van der Waals surface area (Å²) in [5.74, 6) is 0.131. The van der Waals surface area contributed by atoms with Crippen LogP contribution in [0.15, 0.2) is 54.6 Å². The molecule has 1 amide bonds. The lowest BCUT2D eigenvalue weighted by molar-refractivity contribution is -0.138. The third-order valence-electron chi connectivity index (χ3n) is 6.29. The Hall–Kier alpha value is -2.38. The molecule has 2 aromatic carbocycles. The highest BCUT2D eigenvalue weighted by atomic mass is 32.2. The van der Waals surface area contributed by atoms with Crippen LogP contribution in [-0.2, 0) is 26.8 Å². The average Bonchev–Trinajstić information content (AvgIpc) is 2.79. The maximum atomic E-state index is 13.8. The summed E-state index contributed by atoms with van der Waals surface area (Å²) in [7, 11) is 2.58. The molecular weight excluding hydrogens is 410 g/mol. The zero-order valence-corrected chi connectivity index (χ0v) is 19.7. The van der Waals surface area contributed by atoms with Gasteiger partial charge in [-0.15, -0.1) is 0 Å². The van der Waals surface area contributed by atoms with Crippen LogP contribution in [0.4, 0.5) is 5.69 Å². The largest absolute Gasteiger partial charge is 0.378 e. The van der Waals surface area contributed by atoms with E-state index in [1.54, 1.807) is 11.8 Å². The molecule has 168 valence electrons. The van der Waals surface area contributed by atoms with Gasteiger partial charge >= 0.3 is 0 Å². The van der Waals surface area contributed by atoms with Crippen LogP contribution in [0.5, 0.6) is 0 Å². The molecule has 6 nitrogen and oxygen atoms in total. The van der Waals surface area contributed by atoms with Gasteiger partial charge in [-0.2, -0.15) is 0 Å². The van der Waals surface area contributed by atoms with Gasteiger partial charge in [0, 0.05) is 46.5 Å². The summed E-state index contributed by atoms with van der Waals surface area (Å²) in [6.07, 6.45) is 0.970. The van der Waals surface area contributed by atoms with E-state index < -0.39 is 15.4 Å². The van der Waals surface area contributed by atoms with E-state index >= 15 is 0 Å². The molecule has 0 atom stereocenters. The van der Waals surface area contributed by atoms with Crippen LogP contribution in [0.3, 0.4) is 0 Å². The summed E-state index contributed by atoms with van der Waals surface area (Å²) in [5, 5.41) is 0. The van der Waals surface area contributed by atoms with E-state index in [0.717, 1.165) is 16.8 Å². The van der Waals surface area contributed by atoms with Crippen LogP contribution in [0, 0.1) is 0 Å². The Bertz CT molecular complexity index is 980. The second-order valence-corrected chi connectivity index (χ2v) is 10.7. The van der Waals surface area contributed by atoms with E-state index in [-0.39, 0.29) is 11.7 Å². The molecule has 0 aliphatic carbocycles. The maximum Gasteiger partial charge on any atom is 0.233 e. The molecule has 3 rings (SSSR count). The molecule has 0 aromatic heterocycles. The number of hydrogen-bond acceptors (Lipinski definition) is 4. The van der Waals surface area contributed by atoms with Gasteiger partial charge in [-0.25, -0.2) is 12.7 Å². The number of carbonyl (C=O) groups is 1. The predicted molar refractivity (Wildman–Crippen MR) is 126 cm³/mol. The number of likely N-dealkylation sites (N-methyl/N-ethyl adjacent to an activating group) is 1. The Morgan fingerprint density at radius 2 is 1.55 bits per heavy atom. The smallest absolute Gasteiger partial charge is 0.233 e. The van der Waals surface area contributed by atoms with E-state index in [4.69, 9.17) is 0 Å². The summed E-state index contributed by atoms with van der Waals surface area (Å²) in [4.78, 5) is 17.6. The van der Waals surface area contributed by atoms with E-state index in [0.29, 0.717) is 32.5 Å². The lowest BCUT2D eigenvalue weighted by atomic mass is 9.72. The summed E-state index contributed by atoms with van der Waals surface area (Å²) in [6, 6.07) is 18.0. The highest BCUT2D eigenvalue weighted by molar-refractivity contribution is 7.89. The summed E-state index contributed by atoms with van der Waals surface area (Å²) < 4.78 is 26.2. The van der Waals surface area contributed by atoms with Gasteiger partial charge in [0.05, 0.1) is 11.2 Å². The van der Waals surface area contributed by atoms with Crippen molar-refractivity contribution >= 4 is 21.6 Å². The number of carbonyl (C=O) groups excluding carboxylic acids is 1. The number of nitrogens with zero attached hydrogens (tertiary/aromatic N) is 3. The normalized spacial score (nSPS) is 16.6. The van der Waals surface area contributed by atoms with Crippen molar-refractivity contribution < 1.29 is 13.2 Å². The fourth-order valence-corrected chi connectivity index (χ4v) is 5.43. The Balaban J connectivity index is 1.84. The van der Waals surface area contributed by atoms with Crippen molar-refractivity contribution in [1.29, 1.82) is 0 Å². The SMILES string of the molecule is CCS(=O)(=O)N1CCC(C(=O)N(C)Cc2ccc(N(C)C)cc2)(c2ccccc2)CC1. The van der Waals surface area contributed by atoms with Crippen LogP contribution in [-0.4, -0.2) is 63.5 Å². The molecule has 0 saturated carbocycles. The topological polar surface area (TPSA) is 60.9 Å². The highest BCUT2D eigenvalue weighted by Gasteiger charge is 2.45. The first-order valence-corrected chi connectivity index (χ1v) is 12.4. The maximum absolute atomic E-state index is 13.8. The first-order valence-electron chi connectivity index (χ1n) is 10.7. The zero-order chi connectivity index (χ0) is 22.6. The molecule has 1 heterocycles. The van der Waals surface area contributed by atoms with Gasteiger partial charge in [0.2, 0.25) is 15.9 Å². The number of rotatable bonds is 7. The van der Waals surface area contributed by atoms with Gasteiger partial charge in [0.15, 0.2) is 0 Å². The summed E-state index contributed by atoms with van der Waals surface area (Å²) >= 11 is 0. The first-order chi connectivity index (χ1) is 14.7. The molecule has 1 aliphatic rings. The predicted octanol–water partition coefficient (Wildman–Crippen LogP) is 3.09. The fourth-order valence-electron chi connectivity index (χ4n) is 4.32. The Morgan fingerprint density at radius 1 is 0.968 bits per heavy atom. The Labute approximate surface area is 186 Å². The van der Waals surface area contributed by atoms with E-state index in [9.17, 15) is 13.2 Å². The van der Waals surface area contributed by atoms with Gasteiger partial charge in [0.1, 0.15) is 0 Å². The summed E-state index contributed by atoms with van der Waals surface area (Å²) in [5.41, 5.74) is 2.43. The lowest BCUT2D eigenvalue weighted by Gasteiger charge is -2.42. The van der Waals surface area contributed by atoms with Crippen LogP contribution in [0.1, 0.15) is 30.9 Å². The minimum Gasteiger partial charge on any atom is -0.378 e. The Kier molecular flexibility index (Phi) is 7.06. The first kappa shape index (κ1) is 23.3. The summed E-state index contributed by atoms with van der Waals surface area (Å²) in [6.45, 7) is 2.90. The molecule has 1 fully saturated rings. The molecular formula is C24H33N3O3S. The molecule has 0 unspecified atom stereocenters. The number of sulfonamides is 1. The van der Waals surface area contributed by atoms with Crippen molar-refractivity contribution in [2.45, 2.75) is 31.7 Å². The number of hydrogen-bond donors (Lipinski definition) is 0. The quantitative estimate of drug-likeness (QED) is 0.660. The standard InChI is InChI=1S/C24H33N3O3S/c1-5-31(29,30)27-17-15-24(16-18-27,21-9-7-6-8-10-21)23(28)26(4)19-20-11-13-22(14-12-20)25(2)3/h6-14H,5,15-19H2,1-4H3. The second kappa shape index (κ2) is 9.40.